The molecule has 70 valence electrons. The van der Waals surface area contributed by atoms with E-state index in [0.29, 0.717) is 12.8 Å². The van der Waals surface area contributed by atoms with E-state index in [1.807, 2.05) is 0 Å². The summed E-state index contributed by atoms with van der Waals surface area (Å²) in [5.41, 5.74) is 0. The quantitative estimate of drug-likeness (QED) is 0.616. The molecule has 4 nitrogen and oxygen atoms in total. The van der Waals surface area contributed by atoms with Crippen molar-refractivity contribution in [3.63, 3.8) is 0 Å². The molecule has 0 aromatic heterocycles. The summed E-state index contributed by atoms with van der Waals surface area (Å²) in [6.07, 6.45) is -0.388. The van der Waals surface area contributed by atoms with Gasteiger partial charge in [0.1, 0.15) is 12.2 Å². The van der Waals surface area contributed by atoms with E-state index in [4.69, 9.17) is 9.47 Å². The van der Waals surface area contributed by atoms with Gasteiger partial charge in [0.05, 0.1) is 6.10 Å². The van der Waals surface area contributed by atoms with Gasteiger partial charge < -0.3 is 14.6 Å². The molecule has 0 amide bonds. The number of carbonyl (C=O) groups excluding carboxylic acids is 1. The molecule has 0 aliphatic carbocycles. The highest BCUT2D eigenvalue weighted by molar-refractivity contribution is 5.71. The Morgan fingerprint density at radius 3 is 2.83 bits per heavy atom. The summed E-state index contributed by atoms with van der Waals surface area (Å²) >= 11 is 0. The van der Waals surface area contributed by atoms with Gasteiger partial charge in [-0.2, -0.15) is 0 Å². The highest BCUT2D eigenvalue weighted by atomic mass is 16.6. The molecule has 1 rings (SSSR count). The molecule has 12 heavy (non-hydrogen) atoms. The third-order valence-electron chi connectivity index (χ3n) is 2.15. The SMILES string of the molecule is COC(C)[C@@H](O)[C@H]1CCC(=O)O1. The maximum absolute atomic E-state index is 10.7. The minimum absolute atomic E-state index is 0.234. The zero-order valence-electron chi connectivity index (χ0n) is 7.32. The average molecular weight is 174 g/mol. The molecular formula is C8H14O4. The highest BCUT2D eigenvalue weighted by Crippen LogP contribution is 2.19. The van der Waals surface area contributed by atoms with Gasteiger partial charge in [-0.15, -0.1) is 0 Å². The lowest BCUT2D eigenvalue weighted by Crippen LogP contribution is -2.36. The molecule has 4 heteroatoms. The van der Waals surface area contributed by atoms with E-state index in [9.17, 15) is 9.90 Å². The average Bonchev–Trinajstić information content (AvgIpc) is 2.49. The van der Waals surface area contributed by atoms with Gasteiger partial charge in [0, 0.05) is 13.5 Å². The number of cyclic esters (lactones) is 1. The first kappa shape index (κ1) is 9.48. The first-order chi connectivity index (χ1) is 5.65. The zero-order chi connectivity index (χ0) is 9.14. The standard InChI is InChI=1S/C8H14O4/c1-5(11-2)8(10)6-3-4-7(9)12-6/h5-6,8,10H,3-4H2,1-2H3/t5?,6-,8-/m1/s1. The topological polar surface area (TPSA) is 55.8 Å². The number of carbonyl (C=O) groups is 1. The van der Waals surface area contributed by atoms with Crippen LogP contribution in [0.3, 0.4) is 0 Å². The molecule has 0 aromatic carbocycles. The minimum atomic E-state index is -0.707. The fraction of sp³-hybridized carbons (Fsp3) is 0.875. The summed E-state index contributed by atoms with van der Waals surface area (Å²) in [4.78, 5) is 10.7. The van der Waals surface area contributed by atoms with Crippen LogP contribution in [0, 0.1) is 0 Å². The Hall–Kier alpha value is -0.610. The van der Waals surface area contributed by atoms with Crippen LogP contribution >= 0.6 is 0 Å². The number of ether oxygens (including phenoxy) is 2. The van der Waals surface area contributed by atoms with Gasteiger partial charge in [-0.3, -0.25) is 4.79 Å². The van der Waals surface area contributed by atoms with E-state index in [2.05, 4.69) is 0 Å². The number of aliphatic hydroxyl groups is 1. The summed E-state index contributed by atoms with van der Waals surface area (Å²) in [5.74, 6) is -0.234. The van der Waals surface area contributed by atoms with Crippen molar-refractivity contribution in [2.45, 2.75) is 38.1 Å². The lowest BCUT2D eigenvalue weighted by molar-refractivity contribution is -0.149. The molecular weight excluding hydrogens is 160 g/mol. The van der Waals surface area contributed by atoms with Gasteiger partial charge in [-0.1, -0.05) is 0 Å². The maximum atomic E-state index is 10.7. The predicted octanol–water partition coefficient (Wildman–Crippen LogP) is 0.0878. The summed E-state index contributed by atoms with van der Waals surface area (Å²) in [6.45, 7) is 1.75. The molecule has 0 spiro atoms. The summed E-state index contributed by atoms with van der Waals surface area (Å²) in [7, 11) is 1.52. The fourth-order valence-corrected chi connectivity index (χ4v) is 1.23. The second-order valence-corrected chi connectivity index (χ2v) is 3.00. The van der Waals surface area contributed by atoms with Crippen molar-refractivity contribution in [3.8, 4) is 0 Å². The number of methoxy groups -OCH3 is 1. The molecule has 1 fully saturated rings. The van der Waals surface area contributed by atoms with E-state index < -0.39 is 6.10 Å². The molecule has 1 aliphatic heterocycles. The second-order valence-electron chi connectivity index (χ2n) is 3.00. The highest BCUT2D eigenvalue weighted by Gasteiger charge is 2.32. The van der Waals surface area contributed by atoms with Crippen molar-refractivity contribution in [2.24, 2.45) is 0 Å². The van der Waals surface area contributed by atoms with Crippen LogP contribution in [-0.4, -0.2) is 36.5 Å². The summed E-state index contributed by atoms with van der Waals surface area (Å²) < 4.78 is 9.80. The van der Waals surface area contributed by atoms with Crippen molar-refractivity contribution in [2.75, 3.05) is 7.11 Å². The number of hydrogen-bond donors (Lipinski definition) is 1. The molecule has 0 aromatic rings. The number of esters is 1. The van der Waals surface area contributed by atoms with Crippen molar-refractivity contribution < 1.29 is 19.4 Å². The van der Waals surface area contributed by atoms with Gasteiger partial charge in [-0.05, 0) is 13.3 Å². The molecule has 1 saturated heterocycles. The predicted molar refractivity (Wildman–Crippen MR) is 41.6 cm³/mol. The summed E-state index contributed by atoms with van der Waals surface area (Å²) in [5, 5.41) is 9.53. The maximum Gasteiger partial charge on any atom is 0.306 e. The number of hydrogen-bond acceptors (Lipinski definition) is 4. The number of rotatable bonds is 3. The van der Waals surface area contributed by atoms with E-state index in [-0.39, 0.29) is 18.2 Å². The van der Waals surface area contributed by atoms with Crippen LogP contribution < -0.4 is 0 Å². The monoisotopic (exact) mass is 174 g/mol. The lowest BCUT2D eigenvalue weighted by Gasteiger charge is -2.21. The molecule has 0 saturated carbocycles. The molecule has 1 heterocycles. The smallest absolute Gasteiger partial charge is 0.306 e. The van der Waals surface area contributed by atoms with Gasteiger partial charge in [0.15, 0.2) is 0 Å². The van der Waals surface area contributed by atoms with Crippen molar-refractivity contribution in [1.29, 1.82) is 0 Å². The van der Waals surface area contributed by atoms with Gasteiger partial charge in [0.25, 0.3) is 0 Å². The largest absolute Gasteiger partial charge is 0.459 e. The Labute approximate surface area is 71.5 Å². The van der Waals surface area contributed by atoms with Crippen LogP contribution in [-0.2, 0) is 14.3 Å². The Balaban J connectivity index is 2.42. The van der Waals surface area contributed by atoms with E-state index in [1.54, 1.807) is 6.92 Å². The van der Waals surface area contributed by atoms with Gasteiger partial charge in [-0.25, -0.2) is 0 Å². The molecule has 3 atom stereocenters. The third-order valence-corrected chi connectivity index (χ3v) is 2.15. The van der Waals surface area contributed by atoms with Crippen LogP contribution in [0.5, 0.6) is 0 Å². The van der Waals surface area contributed by atoms with Crippen LogP contribution in [0.4, 0.5) is 0 Å². The van der Waals surface area contributed by atoms with E-state index in [1.165, 1.54) is 7.11 Å². The Kier molecular flexibility index (Phi) is 3.05. The molecule has 0 radical (unpaired) electrons. The van der Waals surface area contributed by atoms with Crippen molar-refractivity contribution in [3.05, 3.63) is 0 Å². The fourth-order valence-electron chi connectivity index (χ4n) is 1.23. The first-order valence-electron chi connectivity index (χ1n) is 4.05. The van der Waals surface area contributed by atoms with Gasteiger partial charge >= 0.3 is 5.97 Å². The normalized spacial score (nSPS) is 28.2. The first-order valence-corrected chi connectivity index (χ1v) is 4.05. The zero-order valence-corrected chi connectivity index (χ0v) is 7.32. The molecule has 0 bridgehead atoms. The Bertz CT molecular complexity index is 168. The lowest BCUT2D eigenvalue weighted by atomic mass is 10.1. The summed E-state index contributed by atoms with van der Waals surface area (Å²) in [6, 6.07) is 0. The second kappa shape index (κ2) is 3.87. The van der Waals surface area contributed by atoms with Gasteiger partial charge in [0.2, 0.25) is 0 Å². The van der Waals surface area contributed by atoms with Crippen LogP contribution in [0.1, 0.15) is 19.8 Å². The van der Waals surface area contributed by atoms with Crippen LogP contribution in [0.25, 0.3) is 0 Å². The van der Waals surface area contributed by atoms with Crippen molar-refractivity contribution in [1.82, 2.24) is 0 Å². The molecule has 1 unspecified atom stereocenters. The Morgan fingerprint density at radius 2 is 2.42 bits per heavy atom. The third kappa shape index (κ3) is 1.95. The molecule has 1 N–H and O–H groups in total. The Morgan fingerprint density at radius 1 is 1.75 bits per heavy atom. The van der Waals surface area contributed by atoms with E-state index >= 15 is 0 Å². The van der Waals surface area contributed by atoms with Crippen molar-refractivity contribution >= 4 is 5.97 Å². The number of aliphatic hydroxyl groups excluding tert-OH is 1. The van der Waals surface area contributed by atoms with E-state index in [0.717, 1.165) is 0 Å². The molecule has 1 aliphatic rings. The van der Waals surface area contributed by atoms with Crippen LogP contribution in [0.15, 0.2) is 0 Å². The van der Waals surface area contributed by atoms with Crippen LogP contribution in [0.2, 0.25) is 0 Å². The minimum Gasteiger partial charge on any atom is -0.459 e.